The van der Waals surface area contributed by atoms with Gasteiger partial charge in [0.2, 0.25) is 0 Å². The molecule has 5 aliphatic heterocycles. The maximum Gasteiger partial charge on any atom is 0.338 e. The average Bonchev–Trinajstić information content (AvgIpc) is 3.41. The lowest BCUT2D eigenvalue weighted by atomic mass is 9.68. The number of likely N-dealkylation sites (tertiary alicyclic amines) is 1. The number of nitrogens with zero attached hydrogens (tertiary/aromatic N) is 2. The number of carbonyl (C=O) groups excluding carboxylic acids is 2. The first-order valence-electron chi connectivity index (χ1n) is 13.2. The SMILES string of the molecule is CC1=C(N2CCC3(CC4CCC(C3)N4C[C@H](O)c3ccc4c(c3C)COC4=O)C3OC32)CCC1=O. The second-order valence-electron chi connectivity index (χ2n) is 11.6. The summed E-state index contributed by atoms with van der Waals surface area (Å²) >= 11 is 0. The molecule has 0 aromatic heterocycles. The Morgan fingerprint density at radius 2 is 1.91 bits per heavy atom. The Labute approximate surface area is 206 Å². The predicted octanol–water partition coefficient (Wildman–Crippen LogP) is 3.38. The number of benzene rings is 1. The van der Waals surface area contributed by atoms with Gasteiger partial charge >= 0.3 is 5.97 Å². The molecule has 186 valence electrons. The number of hydrogen-bond donors (Lipinski definition) is 1. The van der Waals surface area contributed by atoms with E-state index in [0.717, 1.165) is 54.5 Å². The van der Waals surface area contributed by atoms with Gasteiger partial charge in [-0.25, -0.2) is 4.79 Å². The van der Waals surface area contributed by atoms with Crippen LogP contribution in [-0.2, 0) is 20.9 Å². The lowest BCUT2D eigenvalue weighted by Gasteiger charge is -2.49. The Morgan fingerprint density at radius 1 is 1.14 bits per heavy atom. The Kier molecular flexibility index (Phi) is 4.80. The van der Waals surface area contributed by atoms with Gasteiger partial charge in [0, 0.05) is 53.8 Å². The van der Waals surface area contributed by atoms with Gasteiger partial charge in [-0.2, -0.15) is 0 Å². The fourth-order valence-electron chi connectivity index (χ4n) is 8.05. The minimum Gasteiger partial charge on any atom is -0.457 e. The Balaban J connectivity index is 1.05. The molecule has 7 nitrogen and oxygen atoms in total. The number of epoxide rings is 1. The van der Waals surface area contributed by atoms with Crippen LogP contribution in [0.25, 0.3) is 0 Å². The number of aliphatic hydroxyl groups is 1. The summed E-state index contributed by atoms with van der Waals surface area (Å²) in [6.07, 6.45) is 7.12. The number of Topliss-reactive ketones (excluding diaryl/α,β-unsaturated/α-hetero) is 1. The van der Waals surface area contributed by atoms with Crippen molar-refractivity contribution >= 4 is 11.8 Å². The largest absolute Gasteiger partial charge is 0.457 e. The van der Waals surface area contributed by atoms with E-state index < -0.39 is 6.10 Å². The number of allylic oxidation sites excluding steroid dienone is 2. The maximum atomic E-state index is 12.1. The first-order chi connectivity index (χ1) is 16.9. The standard InChI is InChI=1S/C28H34N2O5/c1-15-19(5-6-20-21(15)14-34-27(20)33)24(32)13-30-17-3-4-18(30)12-28(11-17)9-10-29(26-25(28)35-26)22-7-8-23(31)16(22)2/h5-6,17-18,24-26,32H,3-4,7-14H2,1-2H3/t17?,18?,24-,25?,26?,28?/m0/s1. The van der Waals surface area contributed by atoms with E-state index >= 15 is 0 Å². The van der Waals surface area contributed by atoms with Gasteiger partial charge in [0.1, 0.15) is 12.7 Å². The highest BCUT2D eigenvalue weighted by Crippen LogP contribution is 2.59. The molecular formula is C28H34N2O5. The monoisotopic (exact) mass is 478 g/mol. The molecule has 5 atom stereocenters. The summed E-state index contributed by atoms with van der Waals surface area (Å²) in [5, 5.41) is 11.2. The molecule has 0 saturated carbocycles. The zero-order valence-electron chi connectivity index (χ0n) is 20.6. The quantitative estimate of drug-likeness (QED) is 0.525. The van der Waals surface area contributed by atoms with Crippen LogP contribution in [0.2, 0.25) is 0 Å². The molecule has 2 bridgehead atoms. The van der Waals surface area contributed by atoms with Gasteiger partial charge in [-0.15, -0.1) is 0 Å². The van der Waals surface area contributed by atoms with E-state index in [-0.39, 0.29) is 23.7 Å². The van der Waals surface area contributed by atoms with E-state index in [0.29, 0.717) is 43.0 Å². The first kappa shape index (κ1) is 22.0. The van der Waals surface area contributed by atoms with E-state index in [9.17, 15) is 14.7 Å². The Hall–Kier alpha value is -2.22. The van der Waals surface area contributed by atoms with Crippen molar-refractivity contribution in [3.63, 3.8) is 0 Å². The molecule has 1 aliphatic carbocycles. The van der Waals surface area contributed by atoms with Gasteiger partial charge in [0.25, 0.3) is 0 Å². The van der Waals surface area contributed by atoms with Crippen molar-refractivity contribution < 1.29 is 24.2 Å². The number of ketones is 1. The highest BCUT2D eigenvalue weighted by atomic mass is 16.6. The van der Waals surface area contributed by atoms with E-state index in [1.165, 1.54) is 18.5 Å². The van der Waals surface area contributed by atoms with Crippen LogP contribution < -0.4 is 0 Å². The third kappa shape index (κ3) is 3.20. The molecule has 0 amide bonds. The maximum absolute atomic E-state index is 12.1. The number of aliphatic hydroxyl groups excluding tert-OH is 1. The molecule has 4 unspecified atom stereocenters. The fraction of sp³-hybridized carbons (Fsp3) is 0.643. The summed E-state index contributed by atoms with van der Waals surface area (Å²) in [5.41, 5.74) is 5.84. The summed E-state index contributed by atoms with van der Waals surface area (Å²) in [7, 11) is 0. The smallest absolute Gasteiger partial charge is 0.338 e. The van der Waals surface area contributed by atoms with E-state index in [1.54, 1.807) is 0 Å². The molecule has 1 N–H and O–H groups in total. The van der Waals surface area contributed by atoms with Gasteiger partial charge < -0.3 is 19.5 Å². The molecule has 7 heteroatoms. The molecule has 1 aromatic carbocycles. The van der Waals surface area contributed by atoms with Gasteiger partial charge in [-0.1, -0.05) is 6.07 Å². The number of esters is 1. The van der Waals surface area contributed by atoms with Crippen molar-refractivity contribution in [2.24, 2.45) is 5.41 Å². The number of carbonyl (C=O) groups is 2. The Bertz CT molecular complexity index is 1140. The van der Waals surface area contributed by atoms with Crippen molar-refractivity contribution in [2.45, 2.75) is 95.9 Å². The van der Waals surface area contributed by atoms with Crippen molar-refractivity contribution in [3.8, 4) is 0 Å². The van der Waals surface area contributed by atoms with Gasteiger partial charge in [0.05, 0.1) is 11.7 Å². The summed E-state index contributed by atoms with van der Waals surface area (Å²) in [6.45, 7) is 5.90. The van der Waals surface area contributed by atoms with Crippen LogP contribution in [0.15, 0.2) is 23.4 Å². The summed E-state index contributed by atoms with van der Waals surface area (Å²) in [6, 6.07) is 4.67. The van der Waals surface area contributed by atoms with Gasteiger partial charge in [-0.3, -0.25) is 9.69 Å². The van der Waals surface area contributed by atoms with Crippen LogP contribution in [0.3, 0.4) is 0 Å². The van der Waals surface area contributed by atoms with Crippen LogP contribution in [0.5, 0.6) is 0 Å². The average molecular weight is 479 g/mol. The number of piperidine rings is 2. The third-order valence-electron chi connectivity index (χ3n) is 10.0. The van der Waals surface area contributed by atoms with Crippen LogP contribution in [0.4, 0.5) is 0 Å². The highest BCUT2D eigenvalue weighted by molar-refractivity contribution is 5.98. The van der Waals surface area contributed by atoms with Gasteiger partial charge in [-0.05, 0) is 69.6 Å². The van der Waals surface area contributed by atoms with Crippen LogP contribution >= 0.6 is 0 Å². The van der Waals surface area contributed by atoms with Crippen molar-refractivity contribution in [2.75, 3.05) is 13.1 Å². The van der Waals surface area contributed by atoms with E-state index in [4.69, 9.17) is 9.47 Å². The molecule has 0 radical (unpaired) electrons. The predicted molar refractivity (Wildman–Crippen MR) is 127 cm³/mol. The zero-order valence-corrected chi connectivity index (χ0v) is 20.6. The minimum absolute atomic E-state index is 0.148. The molecule has 5 heterocycles. The van der Waals surface area contributed by atoms with E-state index in [1.807, 2.05) is 26.0 Å². The molecule has 35 heavy (non-hydrogen) atoms. The lowest BCUT2D eigenvalue weighted by molar-refractivity contribution is -0.114. The molecule has 6 aliphatic rings. The number of cyclic esters (lactones) is 1. The zero-order chi connectivity index (χ0) is 24.1. The fourth-order valence-corrected chi connectivity index (χ4v) is 8.05. The lowest BCUT2D eigenvalue weighted by Crippen LogP contribution is -2.54. The van der Waals surface area contributed by atoms with Crippen LogP contribution in [0.1, 0.15) is 85.0 Å². The van der Waals surface area contributed by atoms with Crippen LogP contribution in [0, 0.1) is 12.3 Å². The molecular weight excluding hydrogens is 444 g/mol. The third-order valence-corrected chi connectivity index (χ3v) is 10.0. The second kappa shape index (κ2) is 7.64. The summed E-state index contributed by atoms with van der Waals surface area (Å²) in [4.78, 5) is 28.9. The van der Waals surface area contributed by atoms with Crippen molar-refractivity contribution in [1.82, 2.24) is 9.80 Å². The first-order valence-corrected chi connectivity index (χ1v) is 13.2. The molecule has 4 saturated heterocycles. The number of fused-ring (bicyclic) bond motifs is 5. The normalized spacial score (nSPS) is 36.6. The second-order valence-corrected chi connectivity index (χ2v) is 11.6. The molecule has 4 fully saturated rings. The molecule has 1 aromatic rings. The minimum atomic E-state index is -0.574. The Morgan fingerprint density at radius 3 is 2.63 bits per heavy atom. The summed E-state index contributed by atoms with van der Waals surface area (Å²) in [5.74, 6) is 0.0290. The number of ether oxygens (including phenoxy) is 2. The number of rotatable bonds is 4. The molecule has 7 rings (SSSR count). The van der Waals surface area contributed by atoms with Gasteiger partial charge in [0.15, 0.2) is 12.0 Å². The topological polar surface area (TPSA) is 82.6 Å². The summed E-state index contributed by atoms with van der Waals surface area (Å²) < 4.78 is 11.5. The highest BCUT2D eigenvalue weighted by Gasteiger charge is 2.64. The van der Waals surface area contributed by atoms with Crippen molar-refractivity contribution in [1.29, 1.82) is 0 Å². The van der Waals surface area contributed by atoms with Crippen molar-refractivity contribution in [3.05, 3.63) is 45.7 Å². The van der Waals surface area contributed by atoms with Crippen LogP contribution in [-0.4, -0.2) is 64.2 Å². The number of hydrogen-bond acceptors (Lipinski definition) is 7. The van der Waals surface area contributed by atoms with E-state index in [2.05, 4.69) is 9.80 Å². The molecule has 1 spiro atoms.